The average molecular weight is 565 g/mol. The number of aliphatic carboxylic acids is 1. The number of carboxylic acid groups (broad SMARTS) is 1. The Morgan fingerprint density at radius 2 is 1.81 bits per heavy atom. The van der Waals surface area contributed by atoms with Crippen LogP contribution in [0.5, 0.6) is 5.88 Å². The molecule has 10 nitrogen and oxygen atoms in total. The highest BCUT2D eigenvalue weighted by atomic mass is 32.2. The molecule has 17 heteroatoms. The van der Waals surface area contributed by atoms with Crippen molar-refractivity contribution < 1.29 is 54.2 Å². The Morgan fingerprint density at radius 1 is 1.24 bits per heavy atom. The van der Waals surface area contributed by atoms with Crippen LogP contribution in [0.4, 0.5) is 26.3 Å². The fraction of sp³-hybridized carbons (Fsp3) is 0.550. The van der Waals surface area contributed by atoms with Gasteiger partial charge < -0.3 is 20.9 Å². The molecule has 0 atom stereocenters. The number of ether oxygens (including phenoxy) is 1. The molecule has 1 aliphatic heterocycles. The molecule has 0 aliphatic carbocycles. The number of carbonyl (C=O) groups excluding carboxylic acids is 1. The van der Waals surface area contributed by atoms with Gasteiger partial charge in [0.15, 0.2) is 0 Å². The van der Waals surface area contributed by atoms with Crippen molar-refractivity contribution in [2.75, 3.05) is 32.8 Å². The smallest absolute Gasteiger partial charge is 0.475 e. The summed E-state index contributed by atoms with van der Waals surface area (Å²) in [6, 6.07) is 2.67. The molecule has 0 radical (unpaired) electrons. The molecule has 0 saturated carbocycles. The SMILES string of the molecule is CC(F)(F)CNC(=O)C1CCN(S(=O)(=O)c2ccc(OC/C(=C/F)CN)nc2)CC1.O=C(O)C(F)(F)F. The van der Waals surface area contributed by atoms with Crippen molar-refractivity contribution in [3.05, 3.63) is 30.2 Å². The van der Waals surface area contributed by atoms with Crippen LogP contribution in [0.1, 0.15) is 19.8 Å². The number of rotatable bonds is 9. The molecule has 1 aliphatic rings. The fourth-order valence-corrected chi connectivity index (χ4v) is 4.22. The van der Waals surface area contributed by atoms with Gasteiger partial charge in [-0.1, -0.05) is 0 Å². The zero-order chi connectivity index (χ0) is 28.4. The molecule has 0 aromatic carbocycles. The first-order chi connectivity index (χ1) is 17.0. The molecule has 4 N–H and O–H groups in total. The van der Waals surface area contributed by atoms with Gasteiger partial charge in [-0.25, -0.2) is 31.4 Å². The third-order valence-electron chi connectivity index (χ3n) is 4.81. The lowest BCUT2D eigenvalue weighted by Crippen LogP contribution is -2.44. The largest absolute Gasteiger partial charge is 0.490 e. The number of aromatic nitrogens is 1. The summed E-state index contributed by atoms with van der Waals surface area (Å²) in [4.78, 5) is 24.8. The van der Waals surface area contributed by atoms with E-state index in [0.29, 0.717) is 13.3 Å². The van der Waals surface area contributed by atoms with Crippen molar-refractivity contribution in [2.24, 2.45) is 11.7 Å². The Kier molecular flexibility index (Phi) is 11.8. The number of alkyl halides is 5. The highest BCUT2D eigenvalue weighted by Crippen LogP contribution is 2.25. The topological polar surface area (TPSA) is 152 Å². The third kappa shape index (κ3) is 10.9. The fourth-order valence-electron chi connectivity index (χ4n) is 2.80. The van der Waals surface area contributed by atoms with Crippen LogP contribution in [0.3, 0.4) is 0 Å². The maximum atomic E-state index is 12.9. The minimum atomic E-state index is -5.08. The average Bonchev–Trinajstić information content (AvgIpc) is 2.83. The van der Waals surface area contributed by atoms with Crippen LogP contribution in [-0.4, -0.2) is 79.6 Å². The van der Waals surface area contributed by atoms with Gasteiger partial charge in [0.2, 0.25) is 21.8 Å². The maximum absolute atomic E-state index is 12.9. The Bertz CT molecular complexity index is 1040. The summed E-state index contributed by atoms with van der Waals surface area (Å²) >= 11 is 0. The van der Waals surface area contributed by atoms with Crippen molar-refractivity contribution in [3.8, 4) is 5.88 Å². The molecule has 0 bridgehead atoms. The van der Waals surface area contributed by atoms with Crippen LogP contribution in [0.25, 0.3) is 0 Å². The van der Waals surface area contributed by atoms with Crippen molar-refractivity contribution in [1.82, 2.24) is 14.6 Å². The van der Waals surface area contributed by atoms with Gasteiger partial charge in [0.1, 0.15) is 11.5 Å². The molecule has 0 unspecified atom stereocenters. The first-order valence-corrected chi connectivity index (χ1v) is 12.0. The van der Waals surface area contributed by atoms with Crippen molar-refractivity contribution >= 4 is 21.9 Å². The zero-order valence-electron chi connectivity index (χ0n) is 19.5. The summed E-state index contributed by atoms with van der Waals surface area (Å²) in [6.07, 6.45) is -3.15. The Balaban J connectivity index is 0.000000856. The summed E-state index contributed by atoms with van der Waals surface area (Å²) in [5.74, 6) is -6.67. The van der Waals surface area contributed by atoms with E-state index in [1.54, 1.807) is 0 Å². The normalized spacial score (nSPS) is 15.9. The lowest BCUT2D eigenvalue weighted by molar-refractivity contribution is -0.192. The van der Waals surface area contributed by atoms with E-state index in [1.165, 1.54) is 16.4 Å². The Morgan fingerprint density at radius 3 is 2.22 bits per heavy atom. The number of hydrogen-bond donors (Lipinski definition) is 3. The third-order valence-corrected chi connectivity index (χ3v) is 6.69. The molecule has 1 saturated heterocycles. The van der Waals surface area contributed by atoms with Gasteiger partial charge in [-0.3, -0.25) is 4.79 Å². The van der Waals surface area contributed by atoms with E-state index in [1.807, 2.05) is 0 Å². The molecule has 2 heterocycles. The van der Waals surface area contributed by atoms with E-state index in [9.17, 15) is 39.6 Å². The molecule has 37 heavy (non-hydrogen) atoms. The molecule has 2 rings (SSSR count). The molecule has 1 amide bonds. The number of nitrogens with zero attached hydrogens (tertiary/aromatic N) is 2. The molecule has 1 fully saturated rings. The zero-order valence-corrected chi connectivity index (χ0v) is 20.3. The van der Waals surface area contributed by atoms with Crippen LogP contribution in [0.2, 0.25) is 0 Å². The number of sulfonamides is 1. The van der Waals surface area contributed by atoms with Gasteiger partial charge in [-0.15, -0.1) is 0 Å². The van der Waals surface area contributed by atoms with Gasteiger partial charge in [0.05, 0.1) is 19.1 Å². The number of nitrogens with two attached hydrogens (primary N) is 1. The van der Waals surface area contributed by atoms with E-state index in [2.05, 4.69) is 10.3 Å². The predicted molar refractivity (Wildman–Crippen MR) is 117 cm³/mol. The van der Waals surface area contributed by atoms with Gasteiger partial charge in [0.25, 0.3) is 5.92 Å². The maximum Gasteiger partial charge on any atom is 0.490 e. The number of pyridine rings is 1. The number of hydrogen-bond acceptors (Lipinski definition) is 7. The van der Waals surface area contributed by atoms with Crippen LogP contribution in [0.15, 0.2) is 35.1 Å². The summed E-state index contributed by atoms with van der Waals surface area (Å²) in [5, 5.41) is 9.32. The van der Waals surface area contributed by atoms with E-state index in [-0.39, 0.29) is 55.4 Å². The van der Waals surface area contributed by atoms with E-state index in [0.717, 1.165) is 6.20 Å². The summed E-state index contributed by atoms with van der Waals surface area (Å²) in [5.41, 5.74) is 5.55. The minimum Gasteiger partial charge on any atom is -0.475 e. The van der Waals surface area contributed by atoms with E-state index >= 15 is 0 Å². The Labute approximate surface area is 208 Å². The Hall–Kier alpha value is -2.92. The second-order valence-corrected chi connectivity index (χ2v) is 9.80. The lowest BCUT2D eigenvalue weighted by Gasteiger charge is -2.30. The van der Waals surface area contributed by atoms with Crippen LogP contribution in [0, 0.1) is 5.92 Å². The quantitative estimate of drug-likeness (QED) is 0.386. The second-order valence-electron chi connectivity index (χ2n) is 7.86. The van der Waals surface area contributed by atoms with Crippen LogP contribution < -0.4 is 15.8 Å². The monoisotopic (exact) mass is 564 g/mol. The summed E-state index contributed by atoms with van der Waals surface area (Å²) < 4.78 is 102. The molecular weight excluding hydrogens is 538 g/mol. The summed E-state index contributed by atoms with van der Waals surface area (Å²) in [7, 11) is -3.83. The van der Waals surface area contributed by atoms with Gasteiger partial charge in [-0.2, -0.15) is 17.5 Å². The first kappa shape index (κ1) is 32.1. The molecular formula is C20H26F6N4O6S. The predicted octanol–water partition coefficient (Wildman–Crippen LogP) is 2.08. The second kappa shape index (κ2) is 13.6. The van der Waals surface area contributed by atoms with Crippen molar-refractivity contribution in [1.29, 1.82) is 0 Å². The number of halogens is 6. The molecule has 1 aromatic heterocycles. The van der Waals surface area contributed by atoms with E-state index in [4.69, 9.17) is 20.4 Å². The number of carboxylic acids is 1. The van der Waals surface area contributed by atoms with Gasteiger partial charge in [0, 0.05) is 44.1 Å². The molecule has 0 spiro atoms. The number of piperidine rings is 1. The molecule has 1 aromatic rings. The minimum absolute atomic E-state index is 0.0161. The number of amides is 1. The molecule has 210 valence electrons. The van der Waals surface area contributed by atoms with Gasteiger partial charge >= 0.3 is 12.1 Å². The highest BCUT2D eigenvalue weighted by Gasteiger charge is 2.38. The first-order valence-electron chi connectivity index (χ1n) is 10.5. The van der Waals surface area contributed by atoms with Crippen LogP contribution >= 0.6 is 0 Å². The lowest BCUT2D eigenvalue weighted by atomic mass is 9.97. The van der Waals surface area contributed by atoms with Crippen LogP contribution in [-0.2, 0) is 19.6 Å². The van der Waals surface area contributed by atoms with Gasteiger partial charge in [-0.05, 0) is 18.9 Å². The standard InChI is InChI=1S/C18H25F3N4O4S.C2HF3O2/c1-18(20,21)12-24-17(26)14-4-6-25(7-5-14)30(27,28)15-2-3-16(23-10-15)29-11-13(8-19)9-22;3-2(4,5)1(6)7/h2-3,8,10,14H,4-7,9,11-12,22H2,1H3,(H,24,26);(H,6,7)/b13-8+;. The van der Waals surface area contributed by atoms with Crippen molar-refractivity contribution in [3.63, 3.8) is 0 Å². The number of carbonyl (C=O) groups is 2. The van der Waals surface area contributed by atoms with Crippen molar-refractivity contribution in [2.45, 2.75) is 36.8 Å². The number of nitrogens with one attached hydrogen (secondary N) is 1. The van der Waals surface area contributed by atoms with E-state index < -0.39 is 46.5 Å². The summed E-state index contributed by atoms with van der Waals surface area (Å²) in [6.45, 7) is 0.00810. The highest BCUT2D eigenvalue weighted by molar-refractivity contribution is 7.89.